The monoisotopic (exact) mass is 253 g/mol. The Morgan fingerprint density at radius 1 is 1.47 bits per heavy atom. The summed E-state index contributed by atoms with van der Waals surface area (Å²) in [5, 5.41) is 12.6. The first kappa shape index (κ1) is 13.7. The van der Waals surface area contributed by atoms with E-state index in [4.69, 9.17) is 11.6 Å². The summed E-state index contributed by atoms with van der Waals surface area (Å²) in [7, 11) is 0. The summed E-state index contributed by atoms with van der Waals surface area (Å²) in [6.07, 6.45) is 2.70. The molecule has 0 unspecified atom stereocenters. The quantitative estimate of drug-likeness (QED) is 0.765. The lowest BCUT2D eigenvalue weighted by Crippen LogP contribution is -2.30. The van der Waals surface area contributed by atoms with Crippen molar-refractivity contribution < 1.29 is 9.90 Å². The third-order valence-corrected chi connectivity index (χ3v) is 2.62. The van der Waals surface area contributed by atoms with E-state index in [0.717, 1.165) is 5.56 Å². The van der Waals surface area contributed by atoms with Gasteiger partial charge in [-0.3, -0.25) is 4.79 Å². The molecular weight excluding hydrogens is 238 g/mol. The van der Waals surface area contributed by atoms with Crippen LogP contribution in [-0.2, 0) is 4.79 Å². The Labute approximate surface area is 106 Å². The van der Waals surface area contributed by atoms with Gasteiger partial charge in [-0.15, -0.1) is 6.58 Å². The van der Waals surface area contributed by atoms with Crippen molar-refractivity contribution in [2.24, 2.45) is 0 Å². The van der Waals surface area contributed by atoms with Crippen LogP contribution in [0.15, 0.2) is 36.9 Å². The molecule has 0 spiro atoms. The number of carbonyl (C=O) groups excluding carboxylic acids is 1. The molecule has 17 heavy (non-hydrogen) atoms. The lowest BCUT2D eigenvalue weighted by molar-refractivity contribution is -0.122. The molecule has 1 atom stereocenters. The second-order valence-corrected chi connectivity index (χ2v) is 4.12. The highest BCUT2D eigenvalue weighted by atomic mass is 35.5. The van der Waals surface area contributed by atoms with Crippen LogP contribution in [0.5, 0.6) is 0 Å². The predicted octanol–water partition coefficient (Wildman–Crippen LogP) is 2.46. The molecule has 1 aromatic carbocycles. The van der Waals surface area contributed by atoms with Gasteiger partial charge in [-0.25, -0.2) is 0 Å². The fourth-order valence-electron chi connectivity index (χ4n) is 1.43. The van der Waals surface area contributed by atoms with E-state index in [9.17, 15) is 9.90 Å². The smallest absolute Gasteiger partial charge is 0.220 e. The van der Waals surface area contributed by atoms with Gasteiger partial charge in [0, 0.05) is 11.4 Å². The van der Waals surface area contributed by atoms with Crippen LogP contribution in [0.4, 0.5) is 0 Å². The topological polar surface area (TPSA) is 49.3 Å². The van der Waals surface area contributed by atoms with Crippen LogP contribution in [0, 0.1) is 0 Å². The first-order chi connectivity index (χ1) is 8.17. The van der Waals surface area contributed by atoms with Crippen molar-refractivity contribution in [3.63, 3.8) is 0 Å². The van der Waals surface area contributed by atoms with Crippen LogP contribution in [0.1, 0.15) is 24.4 Å². The molecular formula is C13H16ClNO2. The first-order valence-electron chi connectivity index (χ1n) is 5.44. The molecule has 0 aliphatic heterocycles. The lowest BCUT2D eigenvalue weighted by atomic mass is 10.1. The number of halogens is 1. The predicted molar refractivity (Wildman–Crippen MR) is 68.9 cm³/mol. The standard InChI is InChI=1S/C13H16ClNO2/c1-2-3-4-13(17)15-12(9-16)10-5-7-11(14)8-6-10/h2,5-8,12,16H,1,3-4,9H2,(H,15,17)/t12-/m0/s1. The molecule has 0 aliphatic carbocycles. The summed E-state index contributed by atoms with van der Waals surface area (Å²) < 4.78 is 0. The summed E-state index contributed by atoms with van der Waals surface area (Å²) in [5.41, 5.74) is 0.837. The highest BCUT2D eigenvalue weighted by Gasteiger charge is 2.12. The van der Waals surface area contributed by atoms with E-state index in [1.54, 1.807) is 30.3 Å². The van der Waals surface area contributed by atoms with Gasteiger partial charge >= 0.3 is 0 Å². The minimum Gasteiger partial charge on any atom is -0.394 e. The van der Waals surface area contributed by atoms with Gasteiger partial charge in [0.15, 0.2) is 0 Å². The van der Waals surface area contributed by atoms with Gasteiger partial charge in [0.05, 0.1) is 12.6 Å². The first-order valence-corrected chi connectivity index (χ1v) is 5.81. The fourth-order valence-corrected chi connectivity index (χ4v) is 1.56. The van der Waals surface area contributed by atoms with Crippen molar-refractivity contribution in [3.05, 3.63) is 47.5 Å². The second-order valence-electron chi connectivity index (χ2n) is 3.68. The van der Waals surface area contributed by atoms with Crippen LogP contribution < -0.4 is 5.32 Å². The maximum atomic E-state index is 11.5. The Morgan fingerprint density at radius 2 is 2.12 bits per heavy atom. The molecule has 0 radical (unpaired) electrons. The molecule has 0 heterocycles. The van der Waals surface area contributed by atoms with E-state index >= 15 is 0 Å². The van der Waals surface area contributed by atoms with Gasteiger partial charge in [-0.05, 0) is 24.1 Å². The minimum absolute atomic E-state index is 0.0982. The number of nitrogens with one attached hydrogen (secondary N) is 1. The maximum absolute atomic E-state index is 11.5. The van der Waals surface area contributed by atoms with Crippen LogP contribution in [-0.4, -0.2) is 17.6 Å². The molecule has 2 N–H and O–H groups in total. The highest BCUT2D eigenvalue weighted by molar-refractivity contribution is 6.30. The summed E-state index contributed by atoms with van der Waals surface area (Å²) in [5.74, 6) is -0.0982. The molecule has 1 rings (SSSR count). The number of allylic oxidation sites excluding steroid dienone is 1. The zero-order valence-electron chi connectivity index (χ0n) is 9.53. The molecule has 92 valence electrons. The normalized spacial score (nSPS) is 11.9. The number of hydrogen-bond donors (Lipinski definition) is 2. The Hall–Kier alpha value is -1.32. The van der Waals surface area contributed by atoms with E-state index in [1.807, 2.05) is 0 Å². The molecule has 4 heteroatoms. The van der Waals surface area contributed by atoms with Crippen LogP contribution in [0.25, 0.3) is 0 Å². The minimum atomic E-state index is -0.385. The Bertz CT molecular complexity index is 376. The SMILES string of the molecule is C=CCCC(=O)N[C@@H](CO)c1ccc(Cl)cc1. The molecule has 0 saturated heterocycles. The molecule has 3 nitrogen and oxygen atoms in total. The van der Waals surface area contributed by atoms with E-state index < -0.39 is 0 Å². The number of rotatable bonds is 6. The van der Waals surface area contributed by atoms with Gasteiger partial charge < -0.3 is 10.4 Å². The number of aliphatic hydroxyl groups is 1. The molecule has 0 aromatic heterocycles. The highest BCUT2D eigenvalue weighted by Crippen LogP contribution is 2.16. The average Bonchev–Trinajstić information content (AvgIpc) is 2.34. The number of amides is 1. The van der Waals surface area contributed by atoms with Crippen LogP contribution in [0.3, 0.4) is 0 Å². The van der Waals surface area contributed by atoms with E-state index in [0.29, 0.717) is 17.9 Å². The van der Waals surface area contributed by atoms with Crippen molar-refractivity contribution in [3.8, 4) is 0 Å². The maximum Gasteiger partial charge on any atom is 0.220 e. The third kappa shape index (κ3) is 4.59. The summed E-state index contributed by atoms with van der Waals surface area (Å²) in [6, 6.07) is 6.66. The largest absolute Gasteiger partial charge is 0.394 e. The molecule has 0 aliphatic rings. The summed E-state index contributed by atoms with van der Waals surface area (Å²) in [4.78, 5) is 11.5. The van der Waals surface area contributed by atoms with Crippen LogP contribution in [0.2, 0.25) is 5.02 Å². The Kier molecular flexibility index (Phi) is 5.73. The van der Waals surface area contributed by atoms with Gasteiger partial charge in [0.25, 0.3) is 0 Å². The molecule has 0 fully saturated rings. The van der Waals surface area contributed by atoms with Crippen molar-refractivity contribution in [1.82, 2.24) is 5.32 Å². The third-order valence-electron chi connectivity index (χ3n) is 2.37. The van der Waals surface area contributed by atoms with Crippen molar-refractivity contribution in [1.29, 1.82) is 0 Å². The van der Waals surface area contributed by atoms with Gasteiger partial charge in [0.1, 0.15) is 0 Å². The van der Waals surface area contributed by atoms with Gasteiger partial charge in [-0.1, -0.05) is 29.8 Å². The Morgan fingerprint density at radius 3 is 2.65 bits per heavy atom. The lowest BCUT2D eigenvalue weighted by Gasteiger charge is -2.16. The fraction of sp³-hybridized carbons (Fsp3) is 0.308. The molecule has 1 amide bonds. The Balaban J connectivity index is 2.62. The number of aliphatic hydroxyl groups excluding tert-OH is 1. The van der Waals surface area contributed by atoms with Crippen molar-refractivity contribution >= 4 is 17.5 Å². The van der Waals surface area contributed by atoms with E-state index in [2.05, 4.69) is 11.9 Å². The summed E-state index contributed by atoms with van der Waals surface area (Å²) >= 11 is 5.77. The zero-order valence-corrected chi connectivity index (χ0v) is 10.3. The second kappa shape index (κ2) is 7.09. The molecule has 1 aromatic rings. The number of benzene rings is 1. The van der Waals surface area contributed by atoms with Gasteiger partial charge in [-0.2, -0.15) is 0 Å². The van der Waals surface area contributed by atoms with Gasteiger partial charge in [0.2, 0.25) is 5.91 Å². The van der Waals surface area contributed by atoms with Crippen LogP contribution >= 0.6 is 11.6 Å². The molecule has 0 saturated carbocycles. The zero-order chi connectivity index (χ0) is 12.7. The molecule has 0 bridgehead atoms. The van der Waals surface area contributed by atoms with E-state index in [1.165, 1.54) is 0 Å². The van der Waals surface area contributed by atoms with E-state index in [-0.39, 0.29) is 18.6 Å². The summed E-state index contributed by atoms with van der Waals surface area (Å²) in [6.45, 7) is 3.42. The number of carbonyl (C=O) groups is 1. The van der Waals surface area contributed by atoms with Crippen molar-refractivity contribution in [2.45, 2.75) is 18.9 Å². The average molecular weight is 254 g/mol. The number of hydrogen-bond acceptors (Lipinski definition) is 2. The van der Waals surface area contributed by atoms with Crippen molar-refractivity contribution in [2.75, 3.05) is 6.61 Å².